The molecular weight excluding hydrogens is 536 g/mol. The molecule has 9 nitrogen and oxygen atoms in total. The minimum absolute atomic E-state index is 0.152. The maximum Gasteiger partial charge on any atom is 0.267 e. The molecule has 11 heteroatoms. The van der Waals surface area contributed by atoms with E-state index >= 15 is 0 Å². The summed E-state index contributed by atoms with van der Waals surface area (Å²) in [5.41, 5.74) is 2.05. The van der Waals surface area contributed by atoms with Crippen molar-refractivity contribution in [3.63, 3.8) is 0 Å². The molecule has 2 aromatic heterocycles. The zero-order chi connectivity index (χ0) is 27.7. The van der Waals surface area contributed by atoms with E-state index in [4.69, 9.17) is 16.6 Å². The first-order chi connectivity index (χ1) is 18.7. The number of sulfonamides is 1. The zero-order valence-electron chi connectivity index (χ0n) is 21.4. The first-order valence-electron chi connectivity index (χ1n) is 12.0. The van der Waals surface area contributed by atoms with E-state index in [1.54, 1.807) is 48.7 Å². The molecule has 1 N–H and O–H groups in total. The number of para-hydroxylation sites is 1. The van der Waals surface area contributed by atoms with Crippen LogP contribution >= 0.6 is 11.6 Å². The Labute approximate surface area is 230 Å². The Balaban J connectivity index is 1.62. The number of hydrogen-bond acceptors (Lipinski definition) is 7. The van der Waals surface area contributed by atoms with Crippen molar-refractivity contribution < 1.29 is 8.42 Å². The topological polar surface area (TPSA) is 110 Å². The molecule has 0 aliphatic heterocycles. The third-order valence-corrected chi connectivity index (χ3v) is 8.39. The summed E-state index contributed by atoms with van der Waals surface area (Å²) < 4.78 is 28.2. The van der Waals surface area contributed by atoms with Gasteiger partial charge in [-0.25, -0.2) is 27.7 Å². The number of nitrogens with one attached hydrogen (secondary N) is 1. The molecule has 0 saturated heterocycles. The molecule has 0 aliphatic carbocycles. The second-order valence-electron chi connectivity index (χ2n) is 9.05. The number of nitrogens with zero attached hydrogens (tertiary/aromatic N) is 5. The molecule has 39 heavy (non-hydrogen) atoms. The lowest BCUT2D eigenvalue weighted by atomic mass is 10.1. The number of fused-ring (bicyclic) bond motifs is 1. The fourth-order valence-corrected chi connectivity index (χ4v) is 5.48. The van der Waals surface area contributed by atoms with Gasteiger partial charge in [0.25, 0.3) is 5.56 Å². The molecule has 5 aromatic rings. The van der Waals surface area contributed by atoms with Crippen LogP contribution in [0.3, 0.4) is 0 Å². The van der Waals surface area contributed by atoms with Crippen LogP contribution in [0.5, 0.6) is 0 Å². The van der Waals surface area contributed by atoms with E-state index in [0.717, 1.165) is 4.31 Å². The first-order valence-corrected chi connectivity index (χ1v) is 13.9. The quantitative estimate of drug-likeness (QED) is 0.301. The van der Waals surface area contributed by atoms with Crippen LogP contribution in [-0.4, -0.2) is 46.3 Å². The Morgan fingerprint density at radius 2 is 1.74 bits per heavy atom. The van der Waals surface area contributed by atoms with E-state index in [0.29, 0.717) is 44.4 Å². The number of anilines is 1. The minimum Gasteiger partial charge on any atom is -0.360 e. The fraction of sp³-hybridized carbons (Fsp3) is 0.143. The zero-order valence-corrected chi connectivity index (χ0v) is 23.0. The number of halogens is 1. The van der Waals surface area contributed by atoms with E-state index in [1.807, 2.05) is 37.3 Å². The second kappa shape index (κ2) is 10.6. The van der Waals surface area contributed by atoms with Crippen molar-refractivity contribution in [3.05, 3.63) is 107 Å². The molecule has 0 aliphatic rings. The molecular formula is C28H25ClN6O3S. The molecule has 2 heterocycles. The number of aromatic nitrogens is 4. The SMILES string of the molecule is CC(Nc1ncncc1-c1cccc(S(=O)(=O)N(C)C)c1)c1nc2cccc(Cl)c2c(=O)n1-c1ccccc1. The standard InChI is InChI=1S/C28H25ClN6O3S/c1-18(27-33-24-14-8-13-23(29)25(24)28(36)35(27)20-10-5-4-6-11-20)32-26-22(16-30-17-31-26)19-9-7-12-21(15-19)39(37,38)34(2)3/h4-18H,1-3H3,(H,30,31,32). The predicted octanol–water partition coefficient (Wildman–Crippen LogP) is 4.92. The third-order valence-electron chi connectivity index (χ3n) is 6.26. The molecule has 1 unspecified atom stereocenters. The van der Waals surface area contributed by atoms with Gasteiger partial charge >= 0.3 is 0 Å². The summed E-state index contributed by atoms with van der Waals surface area (Å²) >= 11 is 6.40. The Bertz CT molecular complexity index is 1840. The van der Waals surface area contributed by atoms with Gasteiger partial charge in [0.05, 0.1) is 32.6 Å². The molecule has 5 rings (SSSR count). The molecule has 198 valence electrons. The van der Waals surface area contributed by atoms with Gasteiger partial charge < -0.3 is 5.32 Å². The molecule has 3 aromatic carbocycles. The van der Waals surface area contributed by atoms with Crippen LogP contribution in [0.2, 0.25) is 5.02 Å². The van der Waals surface area contributed by atoms with Gasteiger partial charge in [-0.15, -0.1) is 0 Å². The summed E-state index contributed by atoms with van der Waals surface area (Å²) in [6.07, 6.45) is 3.01. The Morgan fingerprint density at radius 3 is 2.49 bits per heavy atom. The van der Waals surface area contributed by atoms with Crippen molar-refractivity contribution in [1.82, 2.24) is 23.8 Å². The van der Waals surface area contributed by atoms with Crippen molar-refractivity contribution >= 4 is 38.3 Å². The Morgan fingerprint density at radius 1 is 1.00 bits per heavy atom. The van der Waals surface area contributed by atoms with Crippen LogP contribution in [0.1, 0.15) is 18.8 Å². The van der Waals surface area contributed by atoms with E-state index in [9.17, 15) is 13.2 Å². The first kappa shape index (κ1) is 26.5. The second-order valence-corrected chi connectivity index (χ2v) is 11.6. The van der Waals surface area contributed by atoms with Crippen molar-refractivity contribution in [3.8, 4) is 16.8 Å². The summed E-state index contributed by atoms with van der Waals surface area (Å²) in [5.74, 6) is 0.909. The fourth-order valence-electron chi connectivity index (χ4n) is 4.28. The molecule has 1 atom stereocenters. The van der Waals surface area contributed by atoms with Crippen molar-refractivity contribution in [2.45, 2.75) is 17.9 Å². The van der Waals surface area contributed by atoms with Gasteiger partial charge in [0.15, 0.2) is 0 Å². The maximum atomic E-state index is 13.7. The van der Waals surface area contributed by atoms with Crippen LogP contribution in [0, 0.1) is 0 Å². The van der Waals surface area contributed by atoms with Crippen LogP contribution in [0.4, 0.5) is 5.82 Å². The van der Waals surface area contributed by atoms with E-state index < -0.39 is 16.1 Å². The monoisotopic (exact) mass is 560 g/mol. The molecule has 0 bridgehead atoms. The summed E-state index contributed by atoms with van der Waals surface area (Å²) in [4.78, 5) is 27.3. The van der Waals surface area contributed by atoms with E-state index in [2.05, 4.69) is 15.3 Å². The molecule has 0 saturated carbocycles. The third kappa shape index (κ3) is 5.01. The van der Waals surface area contributed by atoms with E-state index in [1.165, 1.54) is 25.0 Å². The van der Waals surface area contributed by atoms with Crippen LogP contribution < -0.4 is 10.9 Å². The van der Waals surface area contributed by atoms with Gasteiger partial charge in [-0.05, 0) is 48.9 Å². The van der Waals surface area contributed by atoms with Gasteiger partial charge in [-0.1, -0.05) is 48.0 Å². The highest BCUT2D eigenvalue weighted by Gasteiger charge is 2.22. The van der Waals surface area contributed by atoms with Gasteiger partial charge in [0.1, 0.15) is 18.0 Å². The van der Waals surface area contributed by atoms with Crippen molar-refractivity contribution in [1.29, 1.82) is 0 Å². The number of benzene rings is 3. The van der Waals surface area contributed by atoms with Crippen LogP contribution in [0.25, 0.3) is 27.7 Å². The Hall–Kier alpha value is -4.12. The van der Waals surface area contributed by atoms with Gasteiger partial charge in [-0.2, -0.15) is 0 Å². The summed E-state index contributed by atoms with van der Waals surface area (Å²) in [7, 11) is -0.670. The van der Waals surface area contributed by atoms with Gasteiger partial charge in [-0.3, -0.25) is 9.36 Å². The van der Waals surface area contributed by atoms with E-state index in [-0.39, 0.29) is 10.5 Å². The average molecular weight is 561 g/mol. The number of hydrogen-bond donors (Lipinski definition) is 1. The van der Waals surface area contributed by atoms with Gasteiger partial charge in [0.2, 0.25) is 10.0 Å². The average Bonchev–Trinajstić information content (AvgIpc) is 2.93. The van der Waals surface area contributed by atoms with Crippen LogP contribution in [0.15, 0.2) is 95.0 Å². The predicted molar refractivity (Wildman–Crippen MR) is 153 cm³/mol. The Kier molecular flexibility index (Phi) is 7.17. The highest BCUT2D eigenvalue weighted by Crippen LogP contribution is 2.31. The summed E-state index contributed by atoms with van der Waals surface area (Å²) in [6, 6.07) is 20.5. The molecule has 0 radical (unpaired) electrons. The molecule has 0 spiro atoms. The number of rotatable bonds is 7. The van der Waals surface area contributed by atoms with Crippen molar-refractivity contribution in [2.75, 3.05) is 19.4 Å². The highest BCUT2D eigenvalue weighted by molar-refractivity contribution is 7.89. The van der Waals surface area contributed by atoms with Crippen molar-refractivity contribution in [2.24, 2.45) is 0 Å². The lowest BCUT2D eigenvalue weighted by Gasteiger charge is -2.21. The van der Waals surface area contributed by atoms with Gasteiger partial charge in [0, 0.05) is 25.9 Å². The summed E-state index contributed by atoms with van der Waals surface area (Å²) in [6.45, 7) is 1.87. The lowest BCUT2D eigenvalue weighted by molar-refractivity contribution is 0.521. The minimum atomic E-state index is -3.64. The molecule has 0 amide bonds. The normalized spacial score (nSPS) is 12.5. The summed E-state index contributed by atoms with van der Waals surface area (Å²) in [5, 5.41) is 4.02. The largest absolute Gasteiger partial charge is 0.360 e. The highest BCUT2D eigenvalue weighted by atomic mass is 35.5. The van der Waals surface area contributed by atoms with Crippen LogP contribution in [-0.2, 0) is 10.0 Å². The maximum absolute atomic E-state index is 13.7. The molecule has 0 fully saturated rings. The lowest BCUT2D eigenvalue weighted by Crippen LogP contribution is -2.27. The smallest absolute Gasteiger partial charge is 0.267 e.